The summed E-state index contributed by atoms with van der Waals surface area (Å²) in [6.07, 6.45) is 1.09. The smallest absolute Gasteiger partial charge is 0.115 e. The fourth-order valence-electron chi connectivity index (χ4n) is 1.49. The Hall–Kier alpha value is -1.53. The van der Waals surface area contributed by atoms with Crippen LogP contribution < -0.4 is 0 Å². The third kappa shape index (κ3) is 2.17. The van der Waals surface area contributed by atoms with Crippen molar-refractivity contribution in [2.45, 2.75) is 18.4 Å². The fraction of sp³-hybridized carbons (Fsp3) is 0.231. The Balaban J connectivity index is 2.50. The molecule has 1 aromatic heterocycles. The molecule has 1 aromatic carbocycles. The highest BCUT2D eigenvalue weighted by molar-refractivity contribution is 7.99. The molecule has 0 fully saturated rings. The molecule has 0 radical (unpaired) electrons. The molecule has 0 bridgehead atoms. The number of hydrogen-bond donors (Lipinski definition) is 0. The lowest BCUT2D eigenvalue weighted by molar-refractivity contribution is 1.09. The van der Waals surface area contributed by atoms with E-state index in [9.17, 15) is 0 Å². The van der Waals surface area contributed by atoms with E-state index in [1.54, 1.807) is 11.8 Å². The van der Waals surface area contributed by atoms with Crippen molar-refractivity contribution in [1.29, 1.82) is 5.26 Å². The number of aromatic nitrogens is 1. The molecule has 1 heterocycles. The average Bonchev–Trinajstić information content (AvgIpc) is 2.35. The first kappa shape index (κ1) is 11.0. The first-order valence-corrected chi connectivity index (χ1v) is 6.26. The Morgan fingerprint density at radius 3 is 2.94 bits per heavy atom. The lowest BCUT2D eigenvalue weighted by atomic mass is 10.2. The summed E-state index contributed by atoms with van der Waals surface area (Å²) in [4.78, 5) is 4.52. The van der Waals surface area contributed by atoms with E-state index in [1.807, 2.05) is 30.3 Å². The van der Waals surface area contributed by atoms with Gasteiger partial charge in [-0.3, -0.25) is 0 Å². The lowest BCUT2D eigenvalue weighted by Crippen LogP contribution is -1.89. The second-order valence-corrected chi connectivity index (χ2v) is 4.58. The van der Waals surface area contributed by atoms with E-state index >= 15 is 0 Å². The molecule has 2 aromatic rings. The number of nitriles is 1. The molecular formula is C13H12N2S. The van der Waals surface area contributed by atoms with Crippen molar-refractivity contribution in [1.82, 2.24) is 4.98 Å². The van der Waals surface area contributed by atoms with Crippen LogP contribution in [0.1, 0.15) is 18.9 Å². The minimum atomic E-state index is 0.678. The normalized spacial score (nSPS) is 10.2. The number of nitrogens with zero attached hydrogens (tertiary/aromatic N) is 2. The predicted molar refractivity (Wildman–Crippen MR) is 67.5 cm³/mol. The van der Waals surface area contributed by atoms with Crippen LogP contribution in [0.5, 0.6) is 0 Å². The van der Waals surface area contributed by atoms with E-state index in [0.717, 1.165) is 28.1 Å². The van der Waals surface area contributed by atoms with Crippen molar-refractivity contribution in [3.63, 3.8) is 0 Å². The molecule has 0 aliphatic rings. The standard InChI is InChI=1S/C13H12N2S/c1-2-7-16-13-11(9-14)8-10-5-3-4-6-12(10)15-13/h3-6,8H,2,7H2,1H3. The number of pyridine rings is 1. The van der Waals surface area contributed by atoms with E-state index in [1.165, 1.54) is 0 Å². The maximum Gasteiger partial charge on any atom is 0.115 e. The molecular weight excluding hydrogens is 216 g/mol. The second kappa shape index (κ2) is 5.00. The molecule has 0 N–H and O–H groups in total. The number of fused-ring (bicyclic) bond motifs is 1. The van der Waals surface area contributed by atoms with Crippen LogP contribution in [-0.4, -0.2) is 10.7 Å². The van der Waals surface area contributed by atoms with Crippen LogP contribution >= 0.6 is 11.8 Å². The Labute approximate surface area is 99.3 Å². The number of benzene rings is 1. The third-order valence-electron chi connectivity index (χ3n) is 2.25. The summed E-state index contributed by atoms with van der Waals surface area (Å²) in [6, 6.07) is 12.0. The van der Waals surface area contributed by atoms with Crippen LogP contribution in [0.15, 0.2) is 35.4 Å². The zero-order chi connectivity index (χ0) is 11.4. The molecule has 0 spiro atoms. The fourth-order valence-corrected chi connectivity index (χ4v) is 2.31. The first-order valence-electron chi connectivity index (χ1n) is 5.28. The van der Waals surface area contributed by atoms with Crippen molar-refractivity contribution >= 4 is 22.7 Å². The molecule has 80 valence electrons. The summed E-state index contributed by atoms with van der Waals surface area (Å²) in [5.74, 6) is 1.00. The first-order chi connectivity index (χ1) is 7.85. The van der Waals surface area contributed by atoms with Crippen LogP contribution in [-0.2, 0) is 0 Å². The van der Waals surface area contributed by atoms with Crippen LogP contribution in [0.2, 0.25) is 0 Å². The molecule has 0 unspecified atom stereocenters. The van der Waals surface area contributed by atoms with Crippen molar-refractivity contribution in [3.8, 4) is 6.07 Å². The van der Waals surface area contributed by atoms with E-state index in [0.29, 0.717) is 5.56 Å². The monoisotopic (exact) mass is 228 g/mol. The molecule has 0 aliphatic carbocycles. The van der Waals surface area contributed by atoms with E-state index in [2.05, 4.69) is 18.0 Å². The van der Waals surface area contributed by atoms with Gasteiger partial charge in [0.25, 0.3) is 0 Å². The van der Waals surface area contributed by atoms with E-state index in [-0.39, 0.29) is 0 Å². The predicted octanol–water partition coefficient (Wildman–Crippen LogP) is 3.61. The van der Waals surface area contributed by atoms with Crippen molar-refractivity contribution in [2.24, 2.45) is 0 Å². The van der Waals surface area contributed by atoms with Gasteiger partial charge in [-0.2, -0.15) is 5.26 Å². The van der Waals surface area contributed by atoms with Crippen molar-refractivity contribution < 1.29 is 0 Å². The van der Waals surface area contributed by atoms with Crippen molar-refractivity contribution in [3.05, 3.63) is 35.9 Å². The zero-order valence-electron chi connectivity index (χ0n) is 9.10. The number of thioether (sulfide) groups is 1. The summed E-state index contributed by atoms with van der Waals surface area (Å²) in [5, 5.41) is 11.0. The SMILES string of the molecule is CCCSc1nc2ccccc2cc1C#N. The van der Waals surface area contributed by atoms with E-state index in [4.69, 9.17) is 5.26 Å². The molecule has 0 aliphatic heterocycles. The number of rotatable bonds is 3. The Morgan fingerprint density at radius 1 is 1.38 bits per heavy atom. The van der Waals surface area contributed by atoms with Crippen molar-refractivity contribution in [2.75, 3.05) is 5.75 Å². The van der Waals surface area contributed by atoms with Gasteiger partial charge in [0.1, 0.15) is 11.1 Å². The van der Waals surface area contributed by atoms with Crippen LogP contribution in [0, 0.1) is 11.3 Å². The largest absolute Gasteiger partial charge is 0.240 e. The molecule has 16 heavy (non-hydrogen) atoms. The summed E-state index contributed by atoms with van der Waals surface area (Å²) < 4.78 is 0. The van der Waals surface area contributed by atoms with Crippen LogP contribution in [0.25, 0.3) is 10.9 Å². The maximum absolute atomic E-state index is 9.07. The van der Waals surface area contributed by atoms with Gasteiger partial charge in [-0.15, -0.1) is 11.8 Å². The van der Waals surface area contributed by atoms with Gasteiger partial charge >= 0.3 is 0 Å². The highest BCUT2D eigenvalue weighted by Crippen LogP contribution is 2.24. The zero-order valence-corrected chi connectivity index (χ0v) is 9.92. The van der Waals surface area contributed by atoms with E-state index < -0.39 is 0 Å². The summed E-state index contributed by atoms with van der Waals surface area (Å²) in [6.45, 7) is 2.13. The highest BCUT2D eigenvalue weighted by atomic mass is 32.2. The molecule has 0 saturated heterocycles. The molecule has 0 saturated carbocycles. The molecule has 3 heteroatoms. The lowest BCUT2D eigenvalue weighted by Gasteiger charge is -2.04. The minimum absolute atomic E-state index is 0.678. The van der Waals surface area contributed by atoms with Crippen LogP contribution in [0.3, 0.4) is 0 Å². The number of para-hydroxylation sites is 1. The van der Waals surface area contributed by atoms with Gasteiger partial charge in [0.05, 0.1) is 11.1 Å². The number of hydrogen-bond acceptors (Lipinski definition) is 3. The average molecular weight is 228 g/mol. The molecule has 0 amide bonds. The van der Waals surface area contributed by atoms with Crippen LogP contribution in [0.4, 0.5) is 0 Å². The maximum atomic E-state index is 9.07. The summed E-state index contributed by atoms with van der Waals surface area (Å²) in [5.41, 5.74) is 1.64. The van der Waals surface area contributed by atoms with Gasteiger partial charge < -0.3 is 0 Å². The molecule has 0 atom stereocenters. The summed E-state index contributed by atoms with van der Waals surface area (Å²) in [7, 11) is 0. The quantitative estimate of drug-likeness (QED) is 0.753. The Morgan fingerprint density at radius 2 is 2.19 bits per heavy atom. The van der Waals surface area contributed by atoms with Gasteiger partial charge in [-0.25, -0.2) is 4.98 Å². The van der Waals surface area contributed by atoms with Gasteiger partial charge in [-0.1, -0.05) is 25.1 Å². The highest BCUT2D eigenvalue weighted by Gasteiger charge is 2.06. The molecule has 2 rings (SSSR count). The summed E-state index contributed by atoms with van der Waals surface area (Å²) >= 11 is 1.65. The minimum Gasteiger partial charge on any atom is -0.240 e. The third-order valence-corrected chi connectivity index (χ3v) is 3.45. The second-order valence-electron chi connectivity index (χ2n) is 3.49. The Bertz CT molecular complexity index is 543. The van der Waals surface area contributed by atoms with Gasteiger partial charge in [0.2, 0.25) is 0 Å². The Kier molecular flexibility index (Phi) is 3.43. The van der Waals surface area contributed by atoms with Gasteiger partial charge in [0.15, 0.2) is 0 Å². The topological polar surface area (TPSA) is 36.7 Å². The van der Waals surface area contributed by atoms with Gasteiger partial charge in [-0.05, 0) is 24.3 Å². The molecule has 2 nitrogen and oxygen atoms in total. The van der Waals surface area contributed by atoms with Gasteiger partial charge in [0, 0.05) is 5.39 Å².